The molecule has 0 radical (unpaired) electrons. The highest BCUT2D eigenvalue weighted by molar-refractivity contribution is 7.09. The molecule has 0 saturated heterocycles. The van der Waals surface area contributed by atoms with Gasteiger partial charge in [0.2, 0.25) is 0 Å². The average Bonchev–Trinajstić information content (AvgIpc) is 1.81. The number of unbranched alkanes of at least 4 members (excludes halogenated alkanes) is 3. The maximum Gasteiger partial charge on any atom is 0.0501 e. The van der Waals surface area contributed by atoms with Crippen molar-refractivity contribution in [3.63, 3.8) is 0 Å². The molecule has 0 spiro atoms. The largest absolute Gasteiger partial charge is 0.366 e. The Morgan fingerprint density at radius 1 is 1.25 bits per heavy atom. The van der Waals surface area contributed by atoms with Crippen LogP contribution in [0.2, 0.25) is 0 Å². The maximum absolute atomic E-state index is 4.81. The summed E-state index contributed by atoms with van der Waals surface area (Å²) in [6.07, 6.45) is 5.16. The molecule has 2 heteroatoms. The molecule has 0 amide bonds. The van der Waals surface area contributed by atoms with E-state index in [9.17, 15) is 0 Å². The normalized spacial score (nSPS) is 9.75. The summed E-state index contributed by atoms with van der Waals surface area (Å²) in [5.74, 6) is 0. The van der Waals surface area contributed by atoms with Gasteiger partial charge in [0, 0.05) is 9.47 Å². The topological polar surface area (TPSA) is 9.23 Å². The molecule has 0 aromatic rings. The van der Waals surface area contributed by atoms with E-state index in [1.807, 2.05) is 0 Å². The van der Waals surface area contributed by atoms with Crippen LogP contribution in [0.15, 0.2) is 0 Å². The van der Waals surface area contributed by atoms with Gasteiger partial charge in [0.1, 0.15) is 0 Å². The highest BCUT2D eigenvalue weighted by Crippen LogP contribution is 1.99. The molecule has 50 valence electrons. The van der Waals surface area contributed by atoms with Crippen molar-refractivity contribution in [1.82, 2.24) is 0 Å². The van der Waals surface area contributed by atoms with Crippen molar-refractivity contribution in [2.45, 2.75) is 32.6 Å². The minimum atomic E-state index is 0.894. The minimum absolute atomic E-state index is 0.894. The Kier molecular flexibility index (Phi) is 7.75. The summed E-state index contributed by atoms with van der Waals surface area (Å²) in [5.41, 5.74) is 0. The van der Waals surface area contributed by atoms with Crippen LogP contribution in [0.25, 0.3) is 0 Å². The number of hydrogen-bond donors (Lipinski definition) is 0. The molecule has 0 saturated carbocycles. The third-order valence-electron chi connectivity index (χ3n) is 1.12. The molecule has 0 rings (SSSR count). The van der Waals surface area contributed by atoms with Gasteiger partial charge in [-0.15, -0.1) is 0 Å². The van der Waals surface area contributed by atoms with E-state index in [2.05, 4.69) is 16.4 Å². The number of hydrogen-bond acceptors (Lipinski definition) is 1. The minimum Gasteiger partial charge on any atom is -0.366 e. The van der Waals surface area contributed by atoms with Crippen molar-refractivity contribution >= 4 is 9.47 Å². The second-order valence-electron chi connectivity index (χ2n) is 1.93. The van der Waals surface area contributed by atoms with Crippen LogP contribution in [-0.4, -0.2) is 6.61 Å². The van der Waals surface area contributed by atoms with E-state index in [1.165, 1.54) is 25.7 Å². The molecule has 0 aliphatic carbocycles. The fourth-order valence-corrected chi connectivity index (χ4v) is 0.779. The van der Waals surface area contributed by atoms with E-state index in [-0.39, 0.29) is 0 Å². The van der Waals surface area contributed by atoms with Crippen molar-refractivity contribution in [3.8, 4) is 0 Å². The summed E-state index contributed by atoms with van der Waals surface area (Å²) < 4.78 is 4.81. The second kappa shape index (κ2) is 7.39. The summed E-state index contributed by atoms with van der Waals surface area (Å²) in [4.78, 5) is 0. The fourth-order valence-electron chi connectivity index (χ4n) is 0.612. The van der Waals surface area contributed by atoms with Gasteiger partial charge >= 0.3 is 0 Å². The zero-order chi connectivity index (χ0) is 6.24. The highest BCUT2D eigenvalue weighted by Gasteiger charge is 1.83. The summed E-state index contributed by atoms with van der Waals surface area (Å²) >= 11 is 0. The third-order valence-corrected chi connectivity index (χ3v) is 1.35. The smallest absolute Gasteiger partial charge is 0.0501 e. The molecular formula is C6H15OP. The predicted octanol–water partition coefficient (Wildman–Crippen LogP) is 2.37. The average molecular weight is 134 g/mol. The monoisotopic (exact) mass is 134 g/mol. The van der Waals surface area contributed by atoms with Crippen LogP contribution in [-0.2, 0) is 4.52 Å². The van der Waals surface area contributed by atoms with E-state index in [0.717, 1.165) is 6.61 Å². The summed E-state index contributed by atoms with van der Waals surface area (Å²) in [7, 11) is 2.27. The van der Waals surface area contributed by atoms with Crippen LogP contribution in [0.1, 0.15) is 32.6 Å². The predicted molar refractivity (Wildman–Crippen MR) is 39.8 cm³/mol. The Morgan fingerprint density at radius 3 is 2.50 bits per heavy atom. The van der Waals surface area contributed by atoms with Gasteiger partial charge in [-0.1, -0.05) is 26.2 Å². The van der Waals surface area contributed by atoms with Gasteiger partial charge < -0.3 is 4.52 Å². The first-order chi connectivity index (χ1) is 3.91. The SMILES string of the molecule is CCCCCCOP. The van der Waals surface area contributed by atoms with E-state index in [4.69, 9.17) is 4.52 Å². The van der Waals surface area contributed by atoms with E-state index >= 15 is 0 Å². The molecule has 1 nitrogen and oxygen atoms in total. The van der Waals surface area contributed by atoms with Crippen LogP contribution < -0.4 is 0 Å². The molecule has 1 atom stereocenters. The van der Waals surface area contributed by atoms with Gasteiger partial charge in [0.25, 0.3) is 0 Å². The molecule has 0 heterocycles. The molecule has 1 unspecified atom stereocenters. The Morgan fingerprint density at radius 2 is 2.00 bits per heavy atom. The highest BCUT2D eigenvalue weighted by atomic mass is 31.0. The Labute approximate surface area is 54.1 Å². The molecule has 0 bridgehead atoms. The van der Waals surface area contributed by atoms with Gasteiger partial charge in [-0.25, -0.2) is 0 Å². The first kappa shape index (κ1) is 8.39. The summed E-state index contributed by atoms with van der Waals surface area (Å²) in [6, 6.07) is 0. The molecule has 0 aromatic carbocycles. The Bertz CT molecular complexity index is 33.5. The van der Waals surface area contributed by atoms with Crippen molar-refractivity contribution in [2.75, 3.05) is 6.61 Å². The lowest BCUT2D eigenvalue weighted by Crippen LogP contribution is -1.82. The van der Waals surface area contributed by atoms with Crippen LogP contribution >= 0.6 is 9.47 Å². The lowest BCUT2D eigenvalue weighted by atomic mass is 10.2. The molecule has 0 aliphatic rings. The van der Waals surface area contributed by atoms with E-state index in [0.29, 0.717) is 0 Å². The zero-order valence-electron chi connectivity index (χ0n) is 5.52. The first-order valence-corrected chi connectivity index (χ1v) is 3.70. The third kappa shape index (κ3) is 6.39. The van der Waals surface area contributed by atoms with Crippen LogP contribution in [0.5, 0.6) is 0 Å². The van der Waals surface area contributed by atoms with Crippen LogP contribution in [0, 0.1) is 0 Å². The molecular weight excluding hydrogens is 119 g/mol. The molecule has 8 heavy (non-hydrogen) atoms. The molecule has 0 aromatic heterocycles. The Hall–Kier alpha value is 0.390. The van der Waals surface area contributed by atoms with Gasteiger partial charge in [0.15, 0.2) is 0 Å². The van der Waals surface area contributed by atoms with Crippen molar-refractivity contribution < 1.29 is 4.52 Å². The Balaban J connectivity index is 2.53. The van der Waals surface area contributed by atoms with E-state index in [1.54, 1.807) is 0 Å². The van der Waals surface area contributed by atoms with Crippen LogP contribution in [0.4, 0.5) is 0 Å². The van der Waals surface area contributed by atoms with Crippen molar-refractivity contribution in [1.29, 1.82) is 0 Å². The van der Waals surface area contributed by atoms with Crippen molar-refractivity contribution in [3.05, 3.63) is 0 Å². The number of rotatable bonds is 5. The van der Waals surface area contributed by atoms with Gasteiger partial charge in [0.05, 0.1) is 6.61 Å². The standard InChI is InChI=1S/C6H15OP/c1-2-3-4-5-6-7-8/h2-6,8H2,1H3. The quantitative estimate of drug-likeness (QED) is 0.414. The van der Waals surface area contributed by atoms with Crippen molar-refractivity contribution in [2.24, 2.45) is 0 Å². The fraction of sp³-hybridized carbons (Fsp3) is 1.00. The molecule has 0 fully saturated rings. The second-order valence-corrected chi connectivity index (χ2v) is 2.26. The lowest BCUT2D eigenvalue weighted by Gasteiger charge is -1.94. The summed E-state index contributed by atoms with van der Waals surface area (Å²) in [6.45, 7) is 3.10. The summed E-state index contributed by atoms with van der Waals surface area (Å²) in [5, 5.41) is 0. The van der Waals surface area contributed by atoms with Gasteiger partial charge in [-0.2, -0.15) is 0 Å². The van der Waals surface area contributed by atoms with Gasteiger partial charge in [-0.05, 0) is 6.42 Å². The van der Waals surface area contributed by atoms with Gasteiger partial charge in [-0.3, -0.25) is 0 Å². The van der Waals surface area contributed by atoms with E-state index < -0.39 is 0 Å². The molecule has 0 N–H and O–H groups in total. The van der Waals surface area contributed by atoms with Crippen LogP contribution in [0.3, 0.4) is 0 Å². The maximum atomic E-state index is 4.81. The first-order valence-electron chi connectivity index (χ1n) is 3.23. The molecule has 0 aliphatic heterocycles. The lowest BCUT2D eigenvalue weighted by molar-refractivity contribution is 0.354. The zero-order valence-corrected chi connectivity index (χ0v) is 6.68.